The van der Waals surface area contributed by atoms with Gasteiger partial charge in [0.05, 0.1) is 11.4 Å². The van der Waals surface area contributed by atoms with Gasteiger partial charge in [-0.25, -0.2) is 4.79 Å². The molecule has 7 N–H and O–H groups in total. The summed E-state index contributed by atoms with van der Waals surface area (Å²) in [5.41, 5.74) is 0.486. The van der Waals surface area contributed by atoms with Crippen LogP contribution in [0.5, 0.6) is 11.5 Å². The van der Waals surface area contributed by atoms with Gasteiger partial charge in [0.2, 0.25) is 5.91 Å². The minimum Gasteiger partial charge on any atom is -0.507 e. The van der Waals surface area contributed by atoms with Gasteiger partial charge in [-0.05, 0) is 89.6 Å². The van der Waals surface area contributed by atoms with E-state index < -0.39 is 47.5 Å². The predicted octanol–water partition coefficient (Wildman–Crippen LogP) is 8.33. The molecule has 0 radical (unpaired) electrons. The van der Waals surface area contributed by atoms with E-state index in [1.165, 1.54) is 55.5 Å². The number of phenols is 2. The van der Waals surface area contributed by atoms with Crippen LogP contribution in [0.25, 0.3) is 21.5 Å². The highest BCUT2D eigenvalue weighted by molar-refractivity contribution is 7.86. The second-order valence-electron chi connectivity index (χ2n) is 11.5. The summed E-state index contributed by atoms with van der Waals surface area (Å²) < 4.78 is 69.0. The number of fused-ring (bicyclic) bond motifs is 2. The fourth-order valence-corrected chi connectivity index (χ4v) is 6.56. The number of anilines is 3. The van der Waals surface area contributed by atoms with Gasteiger partial charge in [-0.15, -0.1) is 10.2 Å². The molecular weight excluding hydrogens is 743 g/mol. The number of benzene rings is 6. The third kappa shape index (κ3) is 8.45. The molecule has 274 valence electrons. The van der Waals surface area contributed by atoms with Crippen molar-refractivity contribution in [3.05, 3.63) is 103 Å². The molecular formula is C35H27N7O10S2. The average molecular weight is 770 g/mol. The molecule has 6 aromatic rings. The lowest BCUT2D eigenvalue weighted by Crippen LogP contribution is -2.19. The van der Waals surface area contributed by atoms with Crippen LogP contribution in [0.2, 0.25) is 0 Å². The first-order valence-electron chi connectivity index (χ1n) is 15.4. The van der Waals surface area contributed by atoms with Crippen LogP contribution in [-0.2, 0) is 25.0 Å². The summed E-state index contributed by atoms with van der Waals surface area (Å²) >= 11 is 0. The second kappa shape index (κ2) is 14.7. The maximum absolute atomic E-state index is 13.0. The Morgan fingerprint density at radius 3 is 1.81 bits per heavy atom. The number of rotatable bonds is 9. The first-order valence-corrected chi connectivity index (χ1v) is 18.3. The highest BCUT2D eigenvalue weighted by Gasteiger charge is 2.23. The zero-order valence-corrected chi connectivity index (χ0v) is 29.3. The lowest BCUT2D eigenvalue weighted by molar-refractivity contribution is -0.114. The van der Waals surface area contributed by atoms with Gasteiger partial charge in [-0.1, -0.05) is 18.2 Å². The SMILES string of the molecule is CC(=O)Nc1ccc(N=Nc2cc3c(O)cc(NC(=O)Nc4ccc5c(O)c(N=Nc6ccccc6)c(S(=O)(=O)O)cc5c4)cc3cc2S(=O)(=O)O)cc1. The number of nitrogens with zero attached hydrogens (tertiary/aromatic N) is 4. The van der Waals surface area contributed by atoms with Crippen LogP contribution in [0.4, 0.5) is 44.6 Å². The molecule has 0 bridgehead atoms. The molecule has 0 heterocycles. The van der Waals surface area contributed by atoms with Gasteiger partial charge in [0, 0.05) is 40.8 Å². The number of carbonyl (C=O) groups is 2. The zero-order chi connectivity index (χ0) is 38.8. The molecule has 0 spiro atoms. The van der Waals surface area contributed by atoms with E-state index in [9.17, 15) is 45.7 Å². The Morgan fingerprint density at radius 2 is 1.15 bits per heavy atom. The molecule has 6 aromatic carbocycles. The third-order valence-corrected chi connectivity index (χ3v) is 9.37. The van der Waals surface area contributed by atoms with E-state index in [0.717, 1.165) is 12.1 Å². The van der Waals surface area contributed by atoms with Crippen LogP contribution in [0.1, 0.15) is 6.92 Å². The van der Waals surface area contributed by atoms with E-state index in [4.69, 9.17) is 0 Å². The van der Waals surface area contributed by atoms with Gasteiger partial charge < -0.3 is 26.2 Å². The van der Waals surface area contributed by atoms with Crippen molar-refractivity contribution in [2.45, 2.75) is 16.7 Å². The van der Waals surface area contributed by atoms with Crippen LogP contribution in [0, 0.1) is 0 Å². The molecule has 17 nitrogen and oxygen atoms in total. The molecule has 0 aliphatic carbocycles. The lowest BCUT2D eigenvalue weighted by atomic mass is 10.1. The van der Waals surface area contributed by atoms with E-state index in [1.54, 1.807) is 42.5 Å². The third-order valence-electron chi connectivity index (χ3n) is 7.62. The molecule has 0 saturated heterocycles. The Morgan fingerprint density at radius 1 is 0.574 bits per heavy atom. The first kappa shape index (κ1) is 37.0. The highest BCUT2D eigenvalue weighted by Crippen LogP contribution is 2.42. The zero-order valence-electron chi connectivity index (χ0n) is 27.7. The topological polar surface area (TPSA) is 269 Å². The average Bonchev–Trinajstić information content (AvgIpc) is 3.10. The molecule has 6 rings (SSSR count). The fourth-order valence-electron chi connectivity index (χ4n) is 5.26. The van der Waals surface area contributed by atoms with Crippen molar-refractivity contribution in [1.29, 1.82) is 0 Å². The Kier molecular flexibility index (Phi) is 10.0. The number of phenolic OH excluding ortho intramolecular Hbond substituents is 2. The van der Waals surface area contributed by atoms with E-state index in [2.05, 4.69) is 36.4 Å². The highest BCUT2D eigenvalue weighted by atomic mass is 32.2. The predicted molar refractivity (Wildman–Crippen MR) is 199 cm³/mol. The summed E-state index contributed by atoms with van der Waals surface area (Å²) in [4.78, 5) is 22.9. The summed E-state index contributed by atoms with van der Waals surface area (Å²) in [5.74, 6) is -1.25. The molecule has 0 fully saturated rings. The van der Waals surface area contributed by atoms with Crippen LogP contribution in [-0.4, -0.2) is 48.1 Å². The summed E-state index contributed by atoms with van der Waals surface area (Å²) in [6.07, 6.45) is 0. The number of nitrogens with one attached hydrogen (secondary N) is 3. The molecule has 54 heavy (non-hydrogen) atoms. The van der Waals surface area contributed by atoms with Crippen molar-refractivity contribution < 1.29 is 45.7 Å². The summed E-state index contributed by atoms with van der Waals surface area (Å²) in [5, 5.41) is 45.5. The Bertz CT molecular complexity index is 2760. The standard InChI is InChI=1S/C35H27N7O10S2/c1-19(43)36-22-7-9-24(10-8-22)39-41-29-18-28-21(15-31(29)53(47,48)49)14-26(17-30(28)44)38-35(46)37-25-11-12-27-20(13-25)16-32(54(50,51)52)33(34(27)45)42-40-23-5-3-2-4-6-23/h2-18,44-45H,1H3,(H,36,43)(H2,37,38,46)(H,47,48,49)(H,50,51,52). The van der Waals surface area contributed by atoms with Gasteiger partial charge in [0.25, 0.3) is 20.2 Å². The lowest BCUT2D eigenvalue weighted by Gasteiger charge is -2.13. The van der Waals surface area contributed by atoms with Crippen molar-refractivity contribution in [1.82, 2.24) is 0 Å². The quantitative estimate of drug-likeness (QED) is 0.0545. The maximum atomic E-state index is 13.0. The summed E-state index contributed by atoms with van der Waals surface area (Å²) in [6.45, 7) is 1.35. The maximum Gasteiger partial charge on any atom is 0.323 e. The number of azo groups is 2. The number of urea groups is 1. The summed E-state index contributed by atoms with van der Waals surface area (Å²) in [7, 11) is -9.76. The number of hydrogen-bond acceptors (Lipinski definition) is 12. The Balaban J connectivity index is 1.26. The largest absolute Gasteiger partial charge is 0.507 e. The van der Waals surface area contributed by atoms with Crippen LogP contribution >= 0.6 is 0 Å². The molecule has 19 heteroatoms. The van der Waals surface area contributed by atoms with Gasteiger partial charge in [-0.3, -0.25) is 13.9 Å². The normalized spacial score (nSPS) is 12.1. The van der Waals surface area contributed by atoms with Crippen LogP contribution in [0.3, 0.4) is 0 Å². The van der Waals surface area contributed by atoms with E-state index in [-0.39, 0.29) is 56.0 Å². The fraction of sp³-hybridized carbons (Fsp3) is 0.0286. The van der Waals surface area contributed by atoms with Gasteiger partial charge in [-0.2, -0.15) is 27.1 Å². The molecule has 0 aliphatic rings. The van der Waals surface area contributed by atoms with E-state index >= 15 is 0 Å². The Labute approximate surface area is 306 Å². The van der Waals surface area contributed by atoms with Crippen molar-refractivity contribution in [2.24, 2.45) is 20.5 Å². The first-order chi connectivity index (χ1) is 25.5. The van der Waals surface area contributed by atoms with Crippen molar-refractivity contribution in [3.8, 4) is 11.5 Å². The molecule has 0 aromatic heterocycles. The molecule has 0 saturated carbocycles. The molecule has 0 unspecified atom stereocenters. The molecule has 0 aliphatic heterocycles. The second-order valence-corrected chi connectivity index (χ2v) is 14.3. The van der Waals surface area contributed by atoms with Crippen LogP contribution < -0.4 is 16.0 Å². The number of hydrogen-bond donors (Lipinski definition) is 7. The number of aromatic hydroxyl groups is 2. The Hall–Kier alpha value is -6.80. The van der Waals surface area contributed by atoms with Gasteiger partial charge >= 0.3 is 6.03 Å². The van der Waals surface area contributed by atoms with E-state index in [1.807, 2.05) is 0 Å². The number of amides is 3. The van der Waals surface area contributed by atoms with Crippen LogP contribution in [0.15, 0.2) is 133 Å². The monoisotopic (exact) mass is 769 g/mol. The number of carbonyl (C=O) groups excluding carboxylic acids is 2. The molecule has 3 amide bonds. The summed E-state index contributed by atoms with van der Waals surface area (Å²) in [6, 6.07) is 23.5. The smallest absolute Gasteiger partial charge is 0.323 e. The van der Waals surface area contributed by atoms with Gasteiger partial charge in [0.15, 0.2) is 5.75 Å². The molecule has 0 atom stereocenters. The van der Waals surface area contributed by atoms with E-state index in [0.29, 0.717) is 11.4 Å². The van der Waals surface area contributed by atoms with Crippen molar-refractivity contribution >= 4 is 93.5 Å². The van der Waals surface area contributed by atoms with Crippen molar-refractivity contribution in [2.75, 3.05) is 16.0 Å². The minimum absolute atomic E-state index is 0.00735. The van der Waals surface area contributed by atoms with Crippen molar-refractivity contribution in [3.63, 3.8) is 0 Å². The van der Waals surface area contributed by atoms with Gasteiger partial charge in [0.1, 0.15) is 26.9 Å². The minimum atomic E-state index is -4.90.